The van der Waals surface area contributed by atoms with E-state index in [1.54, 1.807) is 17.0 Å². The second-order valence-electron chi connectivity index (χ2n) is 6.25. The highest BCUT2D eigenvalue weighted by atomic mass is 16.2. The van der Waals surface area contributed by atoms with Crippen molar-refractivity contribution in [3.63, 3.8) is 0 Å². The summed E-state index contributed by atoms with van der Waals surface area (Å²) in [5.41, 5.74) is 1.50. The van der Waals surface area contributed by atoms with Crippen molar-refractivity contribution in [2.24, 2.45) is 17.8 Å². The van der Waals surface area contributed by atoms with Gasteiger partial charge in [-0.1, -0.05) is 6.42 Å². The summed E-state index contributed by atoms with van der Waals surface area (Å²) >= 11 is 0. The number of carbonyl (C=O) groups is 1. The highest BCUT2D eigenvalue weighted by Gasteiger charge is 2.40. The number of benzene rings is 1. The van der Waals surface area contributed by atoms with E-state index in [4.69, 9.17) is 5.26 Å². The van der Waals surface area contributed by atoms with E-state index in [0.717, 1.165) is 17.5 Å². The molecule has 2 bridgehead atoms. The molecule has 2 aliphatic carbocycles. The minimum absolute atomic E-state index is 0.201. The average Bonchev–Trinajstić information content (AvgIpc) is 3.09. The van der Waals surface area contributed by atoms with Crippen molar-refractivity contribution in [3.05, 3.63) is 29.8 Å². The second-order valence-corrected chi connectivity index (χ2v) is 6.25. The van der Waals surface area contributed by atoms with Gasteiger partial charge >= 0.3 is 0 Å². The van der Waals surface area contributed by atoms with Crippen molar-refractivity contribution in [2.75, 3.05) is 11.9 Å². The molecule has 3 atom stereocenters. The van der Waals surface area contributed by atoms with E-state index in [9.17, 15) is 4.79 Å². The maximum atomic E-state index is 12.4. The molecule has 2 saturated carbocycles. The van der Waals surface area contributed by atoms with Crippen LogP contribution in [0.15, 0.2) is 24.3 Å². The van der Waals surface area contributed by atoms with Gasteiger partial charge < -0.3 is 4.90 Å². The van der Waals surface area contributed by atoms with E-state index in [1.165, 1.54) is 25.7 Å². The molecule has 3 unspecified atom stereocenters. The largest absolute Gasteiger partial charge is 0.315 e. The first-order chi connectivity index (χ1) is 9.67. The summed E-state index contributed by atoms with van der Waals surface area (Å²) in [6.07, 6.45) is 5.97. The van der Waals surface area contributed by atoms with Crippen molar-refractivity contribution in [1.82, 2.24) is 0 Å². The predicted molar refractivity (Wildman–Crippen MR) is 78.1 cm³/mol. The number of hydrogen-bond acceptors (Lipinski definition) is 2. The van der Waals surface area contributed by atoms with Crippen molar-refractivity contribution in [2.45, 2.75) is 32.1 Å². The van der Waals surface area contributed by atoms with Crippen LogP contribution in [0.1, 0.15) is 37.7 Å². The van der Waals surface area contributed by atoms with E-state index in [-0.39, 0.29) is 5.91 Å². The summed E-state index contributed by atoms with van der Waals surface area (Å²) in [7, 11) is 1.83. The Morgan fingerprint density at radius 3 is 2.60 bits per heavy atom. The fraction of sp³-hybridized carbons (Fsp3) is 0.529. The standard InChI is InChI=1S/C17H20N2O/c1-19(16-6-3-12(11-18)4-7-16)17(20)10-15-9-13-2-5-14(15)8-13/h3-4,6-7,13-15H,2,5,8-10H2,1H3. The van der Waals surface area contributed by atoms with Gasteiger partial charge in [0.05, 0.1) is 11.6 Å². The van der Waals surface area contributed by atoms with Crippen LogP contribution in [0.2, 0.25) is 0 Å². The second kappa shape index (κ2) is 5.28. The molecular formula is C17H20N2O. The monoisotopic (exact) mass is 268 g/mol. The third-order valence-electron chi connectivity index (χ3n) is 5.08. The maximum absolute atomic E-state index is 12.4. The Hall–Kier alpha value is -1.82. The summed E-state index contributed by atoms with van der Waals surface area (Å²) in [6.45, 7) is 0. The molecule has 2 aliphatic rings. The molecule has 3 nitrogen and oxygen atoms in total. The van der Waals surface area contributed by atoms with Crippen LogP contribution < -0.4 is 4.90 Å². The maximum Gasteiger partial charge on any atom is 0.227 e. The Morgan fingerprint density at radius 2 is 2.05 bits per heavy atom. The first-order valence-corrected chi connectivity index (χ1v) is 7.44. The van der Waals surface area contributed by atoms with Gasteiger partial charge in [-0.05, 0) is 61.3 Å². The molecule has 0 radical (unpaired) electrons. The molecule has 2 fully saturated rings. The smallest absolute Gasteiger partial charge is 0.227 e. The van der Waals surface area contributed by atoms with Crippen molar-refractivity contribution < 1.29 is 4.79 Å². The van der Waals surface area contributed by atoms with Gasteiger partial charge in [-0.25, -0.2) is 0 Å². The summed E-state index contributed by atoms with van der Waals surface area (Å²) in [5.74, 6) is 2.48. The van der Waals surface area contributed by atoms with Crippen LogP contribution in [0, 0.1) is 29.1 Å². The molecule has 0 aliphatic heterocycles. The zero-order valence-corrected chi connectivity index (χ0v) is 11.9. The van der Waals surface area contributed by atoms with E-state index in [1.807, 2.05) is 19.2 Å². The predicted octanol–water partition coefficient (Wildman–Crippen LogP) is 3.35. The summed E-state index contributed by atoms with van der Waals surface area (Å²) in [4.78, 5) is 14.1. The lowest BCUT2D eigenvalue weighted by Crippen LogP contribution is -2.29. The van der Waals surface area contributed by atoms with Crippen molar-refractivity contribution in [1.29, 1.82) is 5.26 Å². The number of nitrogens with zero attached hydrogens (tertiary/aromatic N) is 2. The minimum atomic E-state index is 0.201. The minimum Gasteiger partial charge on any atom is -0.315 e. The third kappa shape index (κ3) is 2.43. The summed E-state index contributed by atoms with van der Waals surface area (Å²) in [6, 6.07) is 9.31. The Bertz CT molecular complexity index is 543. The van der Waals surface area contributed by atoms with Crippen LogP contribution in [0.3, 0.4) is 0 Å². The number of rotatable bonds is 3. The molecule has 0 saturated heterocycles. The van der Waals surface area contributed by atoms with Gasteiger partial charge in [-0.3, -0.25) is 4.79 Å². The average molecular weight is 268 g/mol. The van der Waals surface area contributed by atoms with Crippen molar-refractivity contribution in [3.8, 4) is 6.07 Å². The SMILES string of the molecule is CN(C(=O)CC1CC2CCC1C2)c1ccc(C#N)cc1. The number of amides is 1. The molecular weight excluding hydrogens is 248 g/mol. The van der Waals surface area contributed by atoms with Gasteiger partial charge in [0.1, 0.15) is 0 Å². The Morgan fingerprint density at radius 1 is 1.30 bits per heavy atom. The van der Waals surface area contributed by atoms with Gasteiger partial charge in [-0.2, -0.15) is 5.26 Å². The van der Waals surface area contributed by atoms with Crippen LogP contribution in [-0.4, -0.2) is 13.0 Å². The van der Waals surface area contributed by atoms with Crippen LogP contribution in [0.25, 0.3) is 0 Å². The zero-order chi connectivity index (χ0) is 14.1. The van der Waals surface area contributed by atoms with Gasteiger partial charge in [-0.15, -0.1) is 0 Å². The normalized spacial score (nSPS) is 27.3. The highest BCUT2D eigenvalue weighted by Crippen LogP contribution is 2.49. The van der Waals surface area contributed by atoms with Gasteiger partial charge in [0.2, 0.25) is 5.91 Å². The van der Waals surface area contributed by atoms with Crippen LogP contribution in [0.4, 0.5) is 5.69 Å². The molecule has 0 spiro atoms. The lowest BCUT2D eigenvalue weighted by atomic mass is 9.86. The number of anilines is 1. The molecule has 1 aromatic carbocycles. The number of fused-ring (bicyclic) bond motifs is 2. The van der Waals surface area contributed by atoms with Gasteiger partial charge in [0.25, 0.3) is 0 Å². The molecule has 0 N–H and O–H groups in total. The third-order valence-corrected chi connectivity index (χ3v) is 5.08. The number of nitriles is 1. The highest BCUT2D eigenvalue weighted by molar-refractivity contribution is 5.93. The van der Waals surface area contributed by atoms with Crippen LogP contribution in [0.5, 0.6) is 0 Å². The van der Waals surface area contributed by atoms with E-state index >= 15 is 0 Å². The van der Waals surface area contributed by atoms with Gasteiger partial charge in [0.15, 0.2) is 0 Å². The summed E-state index contributed by atoms with van der Waals surface area (Å²) < 4.78 is 0. The quantitative estimate of drug-likeness (QED) is 0.843. The van der Waals surface area contributed by atoms with Crippen molar-refractivity contribution >= 4 is 11.6 Å². The lowest BCUT2D eigenvalue weighted by molar-refractivity contribution is -0.119. The molecule has 0 aromatic heterocycles. The van der Waals surface area contributed by atoms with E-state index in [0.29, 0.717) is 17.9 Å². The molecule has 20 heavy (non-hydrogen) atoms. The molecule has 3 rings (SSSR count). The van der Waals surface area contributed by atoms with Gasteiger partial charge in [0, 0.05) is 19.2 Å². The zero-order valence-electron chi connectivity index (χ0n) is 11.9. The topological polar surface area (TPSA) is 44.1 Å². The Balaban J connectivity index is 1.63. The fourth-order valence-corrected chi connectivity index (χ4v) is 3.89. The first kappa shape index (κ1) is 13.2. The molecule has 0 heterocycles. The van der Waals surface area contributed by atoms with Crippen LogP contribution >= 0.6 is 0 Å². The Kier molecular flexibility index (Phi) is 3.48. The number of carbonyl (C=O) groups excluding carboxylic acids is 1. The first-order valence-electron chi connectivity index (χ1n) is 7.44. The number of hydrogen-bond donors (Lipinski definition) is 0. The Labute approximate surface area is 120 Å². The van der Waals surface area contributed by atoms with E-state index < -0.39 is 0 Å². The van der Waals surface area contributed by atoms with Crippen LogP contribution in [-0.2, 0) is 4.79 Å². The van der Waals surface area contributed by atoms with E-state index in [2.05, 4.69) is 6.07 Å². The fourth-order valence-electron chi connectivity index (χ4n) is 3.89. The lowest BCUT2D eigenvalue weighted by Gasteiger charge is -2.24. The molecule has 1 amide bonds. The summed E-state index contributed by atoms with van der Waals surface area (Å²) in [5, 5.41) is 8.80. The molecule has 104 valence electrons. The molecule has 1 aromatic rings. The molecule has 3 heteroatoms.